The number of carbonyl (C=O) groups excluding carboxylic acids is 1. The van der Waals surface area contributed by atoms with E-state index in [2.05, 4.69) is 34.3 Å². The normalized spacial score (nSPS) is 22.2. The second-order valence-corrected chi connectivity index (χ2v) is 9.70. The van der Waals surface area contributed by atoms with Crippen molar-refractivity contribution in [2.75, 3.05) is 12.8 Å². The Kier molecular flexibility index (Phi) is 4.98. The number of nitrogen functional groups attached to an aromatic ring is 1. The maximum Gasteiger partial charge on any atom is 0.230 e. The zero-order chi connectivity index (χ0) is 24.3. The van der Waals surface area contributed by atoms with Crippen molar-refractivity contribution in [3.8, 4) is 22.5 Å². The van der Waals surface area contributed by atoms with Crippen LogP contribution in [0.1, 0.15) is 45.2 Å². The number of aromatic nitrogens is 5. The lowest BCUT2D eigenvalue weighted by Crippen LogP contribution is -2.60. The first-order chi connectivity index (χ1) is 16.2. The second-order valence-electron chi connectivity index (χ2n) is 9.70. The van der Waals surface area contributed by atoms with Crippen molar-refractivity contribution in [2.24, 2.45) is 0 Å². The molecule has 9 nitrogen and oxygen atoms in total. The number of likely N-dealkylation sites (N-methyl/N-ethyl adjacent to an activating group) is 1. The number of aliphatic hydroxyl groups is 1. The van der Waals surface area contributed by atoms with Gasteiger partial charge < -0.3 is 16.2 Å². The van der Waals surface area contributed by atoms with E-state index in [1.807, 2.05) is 41.1 Å². The third kappa shape index (κ3) is 3.27. The van der Waals surface area contributed by atoms with E-state index >= 15 is 0 Å². The predicted octanol–water partition coefficient (Wildman–Crippen LogP) is 2.95. The molecular formula is C25H29N7O2. The minimum Gasteiger partial charge on any atom is -0.390 e. The Morgan fingerprint density at radius 3 is 2.62 bits per heavy atom. The number of amides is 1. The molecule has 0 radical (unpaired) electrons. The molecule has 4 aromatic rings. The number of rotatable bonds is 5. The number of carbonyl (C=O) groups is 1. The Hall–Kier alpha value is -3.72. The van der Waals surface area contributed by atoms with Crippen molar-refractivity contribution < 1.29 is 9.90 Å². The van der Waals surface area contributed by atoms with Crippen LogP contribution in [0.15, 0.2) is 48.9 Å². The summed E-state index contributed by atoms with van der Waals surface area (Å²) >= 11 is 0. The van der Waals surface area contributed by atoms with Gasteiger partial charge in [0.2, 0.25) is 5.91 Å². The highest BCUT2D eigenvalue weighted by molar-refractivity contribution is 5.92. The van der Waals surface area contributed by atoms with Crippen LogP contribution in [0.25, 0.3) is 28.0 Å². The number of benzene rings is 1. The fraction of sp³-hybridized carbons (Fsp3) is 0.360. The van der Waals surface area contributed by atoms with Crippen LogP contribution in [-0.4, -0.2) is 48.0 Å². The second kappa shape index (κ2) is 7.66. The van der Waals surface area contributed by atoms with Crippen molar-refractivity contribution in [3.63, 3.8) is 0 Å². The fourth-order valence-electron chi connectivity index (χ4n) is 5.37. The van der Waals surface area contributed by atoms with Crippen molar-refractivity contribution in [1.82, 2.24) is 29.7 Å². The Morgan fingerprint density at radius 2 is 1.94 bits per heavy atom. The van der Waals surface area contributed by atoms with E-state index in [0.29, 0.717) is 24.2 Å². The van der Waals surface area contributed by atoms with Gasteiger partial charge in [-0.1, -0.05) is 18.2 Å². The van der Waals surface area contributed by atoms with Gasteiger partial charge in [-0.2, -0.15) is 10.2 Å². The molecule has 0 unspecified atom stereocenters. The molecule has 1 amide bonds. The van der Waals surface area contributed by atoms with Crippen LogP contribution in [0.4, 0.5) is 5.82 Å². The molecule has 1 aliphatic carbocycles. The molecular weight excluding hydrogens is 430 g/mol. The number of hydrogen-bond donors (Lipinski definition) is 3. The predicted molar refractivity (Wildman–Crippen MR) is 130 cm³/mol. The van der Waals surface area contributed by atoms with E-state index in [4.69, 9.17) is 5.73 Å². The van der Waals surface area contributed by atoms with Gasteiger partial charge >= 0.3 is 0 Å². The Bertz CT molecular complexity index is 1390. The molecule has 1 saturated carbocycles. The first kappa shape index (κ1) is 22.1. The first-order valence-electron chi connectivity index (χ1n) is 11.4. The SMILES string of the molecule is CNC(=O)[C@]1(c2cccc(-c3cc(-c4ccnn4C(C)C)c4c(N)ncnn34)c2)C[C@](C)(O)C1. The van der Waals surface area contributed by atoms with Gasteiger partial charge in [0.25, 0.3) is 0 Å². The first-order valence-corrected chi connectivity index (χ1v) is 11.4. The molecule has 1 aromatic carbocycles. The molecule has 0 bridgehead atoms. The standard InChI is InChI=1S/C25H29N7O2/c1-15(2)31-19(8-9-29-31)18-11-20(32-21(18)22(26)28-14-30-32)16-6-5-7-17(10-16)25(23(33)27-4)12-24(3,34)13-25/h5-11,14-15,34H,12-13H2,1-4H3,(H,27,33)(H2,26,28,30)/t24-,25+. The highest BCUT2D eigenvalue weighted by atomic mass is 16.3. The third-order valence-corrected chi connectivity index (χ3v) is 6.76. The molecule has 1 fully saturated rings. The minimum atomic E-state index is -0.867. The summed E-state index contributed by atoms with van der Waals surface area (Å²) in [6.07, 6.45) is 3.95. The monoisotopic (exact) mass is 459 g/mol. The number of nitrogens with one attached hydrogen (secondary N) is 1. The largest absolute Gasteiger partial charge is 0.390 e. The van der Waals surface area contributed by atoms with E-state index in [-0.39, 0.29) is 11.9 Å². The van der Waals surface area contributed by atoms with Gasteiger partial charge in [-0.25, -0.2) is 9.50 Å². The minimum absolute atomic E-state index is 0.0933. The summed E-state index contributed by atoms with van der Waals surface area (Å²) in [7, 11) is 1.63. The zero-order valence-corrected chi connectivity index (χ0v) is 19.8. The zero-order valence-electron chi connectivity index (χ0n) is 19.8. The molecule has 0 atom stereocenters. The summed E-state index contributed by atoms with van der Waals surface area (Å²) in [5.74, 6) is 0.282. The van der Waals surface area contributed by atoms with E-state index in [9.17, 15) is 9.90 Å². The number of hydrogen-bond acceptors (Lipinski definition) is 6. The van der Waals surface area contributed by atoms with Crippen molar-refractivity contribution in [1.29, 1.82) is 0 Å². The number of fused-ring (bicyclic) bond motifs is 1. The van der Waals surface area contributed by atoms with Crippen molar-refractivity contribution >= 4 is 17.2 Å². The molecule has 5 rings (SSSR count). The molecule has 176 valence electrons. The van der Waals surface area contributed by atoms with E-state index in [0.717, 1.165) is 28.1 Å². The highest BCUT2D eigenvalue weighted by Crippen LogP contribution is 2.51. The topological polar surface area (TPSA) is 123 Å². The van der Waals surface area contributed by atoms with Gasteiger partial charge in [-0.15, -0.1) is 0 Å². The highest BCUT2D eigenvalue weighted by Gasteiger charge is 2.56. The van der Waals surface area contributed by atoms with Crippen LogP contribution in [0, 0.1) is 0 Å². The number of anilines is 1. The summed E-state index contributed by atoms with van der Waals surface area (Å²) < 4.78 is 3.73. The smallest absolute Gasteiger partial charge is 0.230 e. The molecule has 34 heavy (non-hydrogen) atoms. The molecule has 3 heterocycles. The summed E-state index contributed by atoms with van der Waals surface area (Å²) in [4.78, 5) is 17.1. The average Bonchev–Trinajstić information content (AvgIpc) is 3.42. The summed E-state index contributed by atoms with van der Waals surface area (Å²) in [6, 6.07) is 12.0. The maximum absolute atomic E-state index is 12.9. The van der Waals surface area contributed by atoms with Crippen LogP contribution in [0.2, 0.25) is 0 Å². The van der Waals surface area contributed by atoms with E-state index < -0.39 is 11.0 Å². The fourth-order valence-corrected chi connectivity index (χ4v) is 5.37. The van der Waals surface area contributed by atoms with Crippen LogP contribution in [-0.2, 0) is 10.2 Å². The summed E-state index contributed by atoms with van der Waals surface area (Å²) in [5, 5.41) is 22.2. The van der Waals surface area contributed by atoms with Gasteiger partial charge in [0, 0.05) is 30.4 Å². The van der Waals surface area contributed by atoms with Crippen LogP contribution in [0.5, 0.6) is 0 Å². The van der Waals surface area contributed by atoms with Gasteiger partial charge in [0.15, 0.2) is 5.82 Å². The lowest BCUT2D eigenvalue weighted by Gasteiger charge is -2.50. The number of nitrogens with zero attached hydrogens (tertiary/aromatic N) is 5. The van der Waals surface area contributed by atoms with Gasteiger partial charge in [0.05, 0.1) is 22.4 Å². The Labute approximate surface area is 197 Å². The molecule has 0 spiro atoms. The van der Waals surface area contributed by atoms with Gasteiger partial charge in [-0.05, 0) is 57.4 Å². The summed E-state index contributed by atoms with van der Waals surface area (Å²) in [5.41, 5.74) is 9.78. The average molecular weight is 460 g/mol. The quantitative estimate of drug-likeness (QED) is 0.422. The Morgan fingerprint density at radius 1 is 1.18 bits per heavy atom. The van der Waals surface area contributed by atoms with Crippen LogP contribution >= 0.6 is 0 Å². The molecule has 9 heteroatoms. The molecule has 1 aliphatic rings. The van der Waals surface area contributed by atoms with Crippen LogP contribution < -0.4 is 11.1 Å². The van der Waals surface area contributed by atoms with Gasteiger partial charge in [-0.3, -0.25) is 9.48 Å². The molecule has 4 N–H and O–H groups in total. The number of nitrogens with two attached hydrogens (primary N) is 1. The maximum atomic E-state index is 12.9. The lowest BCUT2D eigenvalue weighted by molar-refractivity contribution is -0.144. The van der Waals surface area contributed by atoms with Crippen LogP contribution in [0.3, 0.4) is 0 Å². The summed E-state index contributed by atoms with van der Waals surface area (Å²) in [6.45, 7) is 5.91. The van der Waals surface area contributed by atoms with E-state index in [1.165, 1.54) is 6.33 Å². The van der Waals surface area contributed by atoms with Crippen molar-refractivity contribution in [2.45, 2.75) is 50.7 Å². The molecule has 3 aromatic heterocycles. The molecule has 0 aliphatic heterocycles. The third-order valence-electron chi connectivity index (χ3n) is 6.76. The van der Waals surface area contributed by atoms with E-state index in [1.54, 1.807) is 24.7 Å². The van der Waals surface area contributed by atoms with Gasteiger partial charge in [0.1, 0.15) is 11.8 Å². The van der Waals surface area contributed by atoms with Crippen molar-refractivity contribution in [3.05, 3.63) is 54.5 Å². The molecule has 0 saturated heterocycles. The Balaban J connectivity index is 1.69. The lowest BCUT2D eigenvalue weighted by atomic mass is 9.56.